The Morgan fingerprint density at radius 2 is 2.00 bits per heavy atom. The van der Waals surface area contributed by atoms with Crippen LogP contribution in [0.1, 0.15) is 33.2 Å². The van der Waals surface area contributed by atoms with Crippen molar-refractivity contribution in [1.82, 2.24) is 9.78 Å². The van der Waals surface area contributed by atoms with E-state index in [9.17, 15) is 14.9 Å². The van der Waals surface area contributed by atoms with Gasteiger partial charge >= 0.3 is 0 Å². The SMILES string of the molecule is CC[C@H](C)n1nccc1NC(=O)[C@@H](C)Oc1ccc([N+](=O)[O-])cc1. The fourth-order valence-electron chi connectivity index (χ4n) is 2.07. The third kappa shape index (κ3) is 4.09. The molecule has 0 aliphatic heterocycles. The molecule has 0 fully saturated rings. The van der Waals surface area contributed by atoms with E-state index in [-0.39, 0.29) is 17.6 Å². The molecule has 24 heavy (non-hydrogen) atoms. The van der Waals surface area contributed by atoms with Crippen molar-refractivity contribution in [3.63, 3.8) is 0 Å². The van der Waals surface area contributed by atoms with E-state index < -0.39 is 11.0 Å². The quantitative estimate of drug-likeness (QED) is 0.620. The van der Waals surface area contributed by atoms with Gasteiger partial charge < -0.3 is 10.1 Å². The van der Waals surface area contributed by atoms with Crippen molar-refractivity contribution in [1.29, 1.82) is 0 Å². The summed E-state index contributed by atoms with van der Waals surface area (Å²) in [5.74, 6) is 0.672. The van der Waals surface area contributed by atoms with Gasteiger partial charge in [-0.05, 0) is 32.4 Å². The average Bonchev–Trinajstić information content (AvgIpc) is 3.02. The lowest BCUT2D eigenvalue weighted by molar-refractivity contribution is -0.384. The number of nitro groups is 1. The number of hydrogen-bond acceptors (Lipinski definition) is 5. The van der Waals surface area contributed by atoms with Crippen LogP contribution in [-0.4, -0.2) is 26.7 Å². The smallest absolute Gasteiger partial charge is 0.269 e. The molecule has 0 bridgehead atoms. The molecule has 0 spiro atoms. The molecule has 1 aromatic heterocycles. The first-order valence-electron chi connectivity index (χ1n) is 7.67. The van der Waals surface area contributed by atoms with Gasteiger partial charge in [-0.25, -0.2) is 4.68 Å². The molecule has 1 amide bonds. The highest BCUT2D eigenvalue weighted by Gasteiger charge is 2.18. The Balaban J connectivity index is 2.00. The van der Waals surface area contributed by atoms with Crippen molar-refractivity contribution in [3.05, 3.63) is 46.6 Å². The largest absolute Gasteiger partial charge is 0.481 e. The summed E-state index contributed by atoms with van der Waals surface area (Å²) in [6, 6.07) is 7.48. The minimum atomic E-state index is -0.758. The first kappa shape index (κ1) is 17.5. The molecule has 0 saturated carbocycles. The van der Waals surface area contributed by atoms with Crippen LogP contribution in [0, 0.1) is 10.1 Å². The summed E-state index contributed by atoms with van der Waals surface area (Å²) < 4.78 is 7.27. The maximum atomic E-state index is 12.3. The molecule has 1 heterocycles. The van der Waals surface area contributed by atoms with E-state index >= 15 is 0 Å². The van der Waals surface area contributed by atoms with Gasteiger partial charge in [0.2, 0.25) is 0 Å². The van der Waals surface area contributed by atoms with E-state index in [4.69, 9.17) is 4.74 Å². The van der Waals surface area contributed by atoms with Gasteiger partial charge in [-0.2, -0.15) is 5.10 Å². The Kier molecular flexibility index (Phi) is 5.51. The van der Waals surface area contributed by atoms with Crippen LogP contribution in [0.5, 0.6) is 5.75 Å². The van der Waals surface area contributed by atoms with Crippen molar-refractivity contribution in [2.24, 2.45) is 0 Å². The van der Waals surface area contributed by atoms with Crippen LogP contribution in [0.15, 0.2) is 36.5 Å². The summed E-state index contributed by atoms with van der Waals surface area (Å²) in [7, 11) is 0. The molecule has 0 unspecified atom stereocenters. The molecule has 8 nitrogen and oxygen atoms in total. The molecule has 0 aliphatic carbocycles. The number of carbonyl (C=O) groups is 1. The summed E-state index contributed by atoms with van der Waals surface area (Å²) in [4.78, 5) is 22.4. The van der Waals surface area contributed by atoms with Crippen LogP contribution in [-0.2, 0) is 4.79 Å². The highest BCUT2D eigenvalue weighted by atomic mass is 16.6. The maximum Gasteiger partial charge on any atom is 0.269 e. The molecular formula is C16H20N4O4. The zero-order valence-corrected chi connectivity index (χ0v) is 13.8. The number of nitro benzene ring substituents is 1. The number of non-ortho nitro benzene ring substituents is 1. The Bertz CT molecular complexity index is 711. The van der Waals surface area contributed by atoms with Gasteiger partial charge in [0.15, 0.2) is 6.10 Å². The number of nitrogens with zero attached hydrogens (tertiary/aromatic N) is 3. The second-order valence-corrected chi connectivity index (χ2v) is 5.42. The van der Waals surface area contributed by atoms with Crippen LogP contribution < -0.4 is 10.1 Å². The van der Waals surface area contributed by atoms with E-state index in [2.05, 4.69) is 10.4 Å². The van der Waals surface area contributed by atoms with Crippen molar-refractivity contribution in [2.45, 2.75) is 39.3 Å². The number of hydrogen-bond donors (Lipinski definition) is 1. The number of carbonyl (C=O) groups excluding carboxylic acids is 1. The van der Waals surface area contributed by atoms with Gasteiger partial charge in [0.25, 0.3) is 11.6 Å². The third-order valence-corrected chi connectivity index (χ3v) is 3.66. The second-order valence-electron chi connectivity index (χ2n) is 5.42. The molecular weight excluding hydrogens is 312 g/mol. The summed E-state index contributed by atoms with van der Waals surface area (Å²) in [5.41, 5.74) is -0.0306. The average molecular weight is 332 g/mol. The molecule has 2 atom stereocenters. The molecule has 0 aliphatic rings. The van der Waals surface area contributed by atoms with Crippen molar-refractivity contribution in [3.8, 4) is 5.75 Å². The maximum absolute atomic E-state index is 12.3. The lowest BCUT2D eigenvalue weighted by Gasteiger charge is -2.17. The standard InChI is InChI=1S/C16H20N4O4/c1-4-11(2)19-15(9-10-17-19)18-16(21)12(3)24-14-7-5-13(6-8-14)20(22)23/h5-12H,4H2,1-3H3,(H,18,21)/t11-,12+/m0/s1. The van der Waals surface area contributed by atoms with Crippen LogP contribution in [0.4, 0.5) is 11.5 Å². The Hall–Kier alpha value is -2.90. The predicted octanol–water partition coefficient (Wildman–Crippen LogP) is 3.17. The lowest BCUT2D eigenvalue weighted by atomic mass is 10.2. The van der Waals surface area contributed by atoms with Gasteiger partial charge in [-0.15, -0.1) is 0 Å². The first-order valence-corrected chi connectivity index (χ1v) is 7.67. The summed E-state index contributed by atoms with van der Waals surface area (Å²) in [5, 5.41) is 17.6. The van der Waals surface area contributed by atoms with E-state index in [0.29, 0.717) is 11.6 Å². The number of rotatable bonds is 7. The van der Waals surface area contributed by atoms with E-state index in [1.165, 1.54) is 24.3 Å². The Morgan fingerprint density at radius 3 is 2.58 bits per heavy atom. The van der Waals surface area contributed by atoms with Gasteiger partial charge in [0.1, 0.15) is 11.6 Å². The number of benzene rings is 1. The molecule has 0 saturated heterocycles. The highest BCUT2D eigenvalue weighted by molar-refractivity contribution is 5.93. The highest BCUT2D eigenvalue weighted by Crippen LogP contribution is 2.20. The topological polar surface area (TPSA) is 99.3 Å². The van der Waals surface area contributed by atoms with E-state index in [1.807, 2.05) is 13.8 Å². The van der Waals surface area contributed by atoms with E-state index in [0.717, 1.165) is 6.42 Å². The van der Waals surface area contributed by atoms with Gasteiger partial charge in [-0.1, -0.05) is 6.92 Å². The number of aromatic nitrogens is 2. The number of anilines is 1. The molecule has 1 N–H and O–H groups in total. The minimum Gasteiger partial charge on any atom is -0.481 e. The zero-order chi connectivity index (χ0) is 17.7. The number of ether oxygens (including phenoxy) is 1. The van der Waals surface area contributed by atoms with Crippen LogP contribution in [0.25, 0.3) is 0 Å². The normalized spacial score (nSPS) is 13.1. The molecule has 2 aromatic rings. The zero-order valence-electron chi connectivity index (χ0n) is 13.8. The summed E-state index contributed by atoms with van der Waals surface area (Å²) in [6.45, 7) is 5.67. The number of amides is 1. The fourth-order valence-corrected chi connectivity index (χ4v) is 2.07. The van der Waals surface area contributed by atoms with Crippen molar-refractivity contribution < 1.29 is 14.5 Å². The van der Waals surface area contributed by atoms with Crippen LogP contribution >= 0.6 is 0 Å². The monoisotopic (exact) mass is 332 g/mol. The lowest BCUT2D eigenvalue weighted by Crippen LogP contribution is -2.31. The molecule has 2 rings (SSSR count). The summed E-state index contributed by atoms with van der Waals surface area (Å²) in [6.07, 6.45) is 1.76. The third-order valence-electron chi connectivity index (χ3n) is 3.66. The van der Waals surface area contributed by atoms with Gasteiger partial charge in [0.05, 0.1) is 17.2 Å². The minimum absolute atomic E-state index is 0.0306. The molecule has 8 heteroatoms. The molecule has 0 radical (unpaired) electrons. The van der Waals surface area contributed by atoms with Crippen molar-refractivity contribution >= 4 is 17.4 Å². The molecule has 128 valence electrons. The van der Waals surface area contributed by atoms with Crippen LogP contribution in [0.3, 0.4) is 0 Å². The van der Waals surface area contributed by atoms with E-state index in [1.54, 1.807) is 23.9 Å². The van der Waals surface area contributed by atoms with Gasteiger partial charge in [-0.3, -0.25) is 14.9 Å². The predicted molar refractivity (Wildman–Crippen MR) is 89.0 cm³/mol. The Labute approximate surface area is 139 Å². The fraction of sp³-hybridized carbons (Fsp3) is 0.375. The second kappa shape index (κ2) is 7.58. The summed E-state index contributed by atoms with van der Waals surface area (Å²) >= 11 is 0. The van der Waals surface area contributed by atoms with Crippen molar-refractivity contribution in [2.75, 3.05) is 5.32 Å². The molecule has 1 aromatic carbocycles. The number of nitrogens with one attached hydrogen (secondary N) is 1. The Morgan fingerprint density at radius 1 is 1.33 bits per heavy atom. The first-order chi connectivity index (χ1) is 11.4. The van der Waals surface area contributed by atoms with Crippen LogP contribution in [0.2, 0.25) is 0 Å². The van der Waals surface area contributed by atoms with Gasteiger partial charge in [0, 0.05) is 18.2 Å².